The van der Waals surface area contributed by atoms with Crippen LogP contribution < -0.4 is 0 Å². The lowest BCUT2D eigenvalue weighted by molar-refractivity contribution is -0.134. The van der Waals surface area contributed by atoms with Gasteiger partial charge < -0.3 is 4.90 Å². The Labute approximate surface area is 102 Å². The minimum Gasteiger partial charge on any atom is -0.342 e. The fourth-order valence-corrected chi connectivity index (χ4v) is 2.28. The van der Waals surface area contributed by atoms with E-state index in [1.807, 2.05) is 4.90 Å². The summed E-state index contributed by atoms with van der Waals surface area (Å²) in [7, 11) is 0. The van der Waals surface area contributed by atoms with Crippen LogP contribution in [0.4, 0.5) is 0 Å². The highest BCUT2D eigenvalue weighted by Crippen LogP contribution is 2.26. The number of hydrogen-bond acceptors (Lipinski definition) is 1. The fourth-order valence-electron chi connectivity index (χ4n) is 1.91. The van der Waals surface area contributed by atoms with E-state index in [1.165, 1.54) is 0 Å². The number of amides is 1. The summed E-state index contributed by atoms with van der Waals surface area (Å²) in [6.45, 7) is 10.4. The van der Waals surface area contributed by atoms with E-state index in [0.29, 0.717) is 23.1 Å². The van der Waals surface area contributed by atoms with Crippen molar-refractivity contribution in [3.05, 3.63) is 0 Å². The van der Waals surface area contributed by atoms with Crippen LogP contribution in [-0.2, 0) is 4.79 Å². The third kappa shape index (κ3) is 4.13. The van der Waals surface area contributed by atoms with Gasteiger partial charge in [0.25, 0.3) is 0 Å². The molecule has 2 nitrogen and oxygen atoms in total. The molecule has 1 heterocycles. The second kappa shape index (κ2) is 4.86. The van der Waals surface area contributed by atoms with Gasteiger partial charge in [-0.05, 0) is 17.8 Å². The number of likely N-dealkylation sites (tertiary alicyclic amines) is 1. The summed E-state index contributed by atoms with van der Waals surface area (Å²) in [6, 6.07) is 0. The molecule has 1 saturated heterocycles. The first kappa shape index (κ1) is 13.0. The van der Waals surface area contributed by atoms with Crippen molar-refractivity contribution in [1.82, 2.24) is 4.90 Å². The van der Waals surface area contributed by atoms with E-state index in [0.717, 1.165) is 19.5 Å². The van der Waals surface area contributed by atoms with E-state index in [9.17, 15) is 4.79 Å². The predicted octanol–water partition coefficient (Wildman–Crippen LogP) is 3.05. The van der Waals surface area contributed by atoms with Crippen LogP contribution >= 0.6 is 15.9 Å². The number of carbonyl (C=O) groups is 1. The third-order valence-electron chi connectivity index (χ3n) is 2.83. The molecule has 1 aliphatic heterocycles. The van der Waals surface area contributed by atoms with E-state index in [-0.39, 0.29) is 5.41 Å². The number of carbonyl (C=O) groups excluding carboxylic acids is 1. The molecule has 15 heavy (non-hydrogen) atoms. The van der Waals surface area contributed by atoms with Gasteiger partial charge in [0.1, 0.15) is 0 Å². The standard InChI is InChI=1S/C12H22BrNO/c1-9-8-14(6-5-10(9)13)11(15)7-12(2,3)4/h9-10H,5-8H2,1-4H3. The van der Waals surface area contributed by atoms with E-state index in [2.05, 4.69) is 43.6 Å². The van der Waals surface area contributed by atoms with E-state index in [1.54, 1.807) is 0 Å². The normalized spacial score (nSPS) is 27.9. The summed E-state index contributed by atoms with van der Waals surface area (Å²) < 4.78 is 0. The molecule has 0 aromatic carbocycles. The van der Waals surface area contributed by atoms with Crippen LogP contribution in [0.2, 0.25) is 0 Å². The lowest BCUT2D eigenvalue weighted by Gasteiger charge is -2.35. The monoisotopic (exact) mass is 275 g/mol. The molecular formula is C12H22BrNO. The first-order valence-corrected chi connectivity index (χ1v) is 6.63. The molecule has 1 fully saturated rings. The molecule has 1 rings (SSSR count). The lowest BCUT2D eigenvalue weighted by Crippen LogP contribution is -2.44. The van der Waals surface area contributed by atoms with Gasteiger partial charge >= 0.3 is 0 Å². The summed E-state index contributed by atoms with van der Waals surface area (Å²) >= 11 is 3.65. The Morgan fingerprint density at radius 2 is 2.07 bits per heavy atom. The smallest absolute Gasteiger partial charge is 0.223 e. The lowest BCUT2D eigenvalue weighted by atomic mass is 9.90. The molecule has 0 spiro atoms. The Balaban J connectivity index is 2.48. The van der Waals surface area contributed by atoms with E-state index < -0.39 is 0 Å². The quantitative estimate of drug-likeness (QED) is 0.674. The van der Waals surface area contributed by atoms with E-state index >= 15 is 0 Å². The SMILES string of the molecule is CC1CN(C(=O)CC(C)(C)C)CCC1Br. The minimum atomic E-state index is 0.103. The molecule has 2 atom stereocenters. The Bertz CT molecular complexity index is 234. The van der Waals surface area contributed by atoms with Crippen LogP contribution in [0, 0.1) is 11.3 Å². The highest BCUT2D eigenvalue weighted by Gasteiger charge is 2.28. The summed E-state index contributed by atoms with van der Waals surface area (Å²) in [4.78, 5) is 14.6. The zero-order valence-electron chi connectivity index (χ0n) is 10.2. The molecule has 3 heteroatoms. The summed E-state index contributed by atoms with van der Waals surface area (Å²) in [5.74, 6) is 0.886. The van der Waals surface area contributed by atoms with Crippen molar-refractivity contribution in [3.63, 3.8) is 0 Å². The maximum Gasteiger partial charge on any atom is 0.223 e. The molecule has 0 N–H and O–H groups in total. The highest BCUT2D eigenvalue weighted by atomic mass is 79.9. The van der Waals surface area contributed by atoms with Gasteiger partial charge in [0, 0.05) is 24.3 Å². The number of alkyl halides is 1. The molecule has 0 aliphatic carbocycles. The van der Waals surface area contributed by atoms with Gasteiger partial charge in [-0.2, -0.15) is 0 Å². The van der Waals surface area contributed by atoms with Gasteiger partial charge in [-0.25, -0.2) is 0 Å². The van der Waals surface area contributed by atoms with Crippen LogP contribution in [0.1, 0.15) is 40.5 Å². The van der Waals surface area contributed by atoms with Crippen LogP contribution in [0.5, 0.6) is 0 Å². The fraction of sp³-hybridized carbons (Fsp3) is 0.917. The number of halogens is 1. The van der Waals surface area contributed by atoms with Crippen LogP contribution in [0.3, 0.4) is 0 Å². The Kier molecular flexibility index (Phi) is 4.21. The molecule has 0 bridgehead atoms. The number of rotatable bonds is 1. The maximum atomic E-state index is 12.0. The average Bonchev–Trinajstić information content (AvgIpc) is 2.06. The topological polar surface area (TPSA) is 20.3 Å². The second-order valence-electron chi connectivity index (χ2n) is 5.86. The molecular weight excluding hydrogens is 254 g/mol. The van der Waals surface area contributed by atoms with Crippen molar-refractivity contribution in [2.24, 2.45) is 11.3 Å². The third-order valence-corrected chi connectivity index (χ3v) is 4.20. The largest absolute Gasteiger partial charge is 0.342 e. The number of hydrogen-bond donors (Lipinski definition) is 0. The molecule has 0 saturated carbocycles. The Morgan fingerprint density at radius 1 is 1.47 bits per heavy atom. The van der Waals surface area contributed by atoms with Gasteiger partial charge in [-0.1, -0.05) is 43.6 Å². The zero-order valence-corrected chi connectivity index (χ0v) is 11.8. The maximum absolute atomic E-state index is 12.0. The summed E-state index contributed by atoms with van der Waals surface area (Å²) in [6.07, 6.45) is 1.74. The molecule has 1 amide bonds. The number of nitrogens with zero attached hydrogens (tertiary/aromatic N) is 1. The van der Waals surface area contributed by atoms with Gasteiger partial charge in [-0.15, -0.1) is 0 Å². The van der Waals surface area contributed by atoms with Crippen molar-refractivity contribution in [2.45, 2.75) is 45.4 Å². The zero-order chi connectivity index (χ0) is 11.6. The Hall–Kier alpha value is -0.0500. The second-order valence-corrected chi connectivity index (χ2v) is 7.04. The van der Waals surface area contributed by atoms with Gasteiger partial charge in [0.15, 0.2) is 0 Å². The highest BCUT2D eigenvalue weighted by molar-refractivity contribution is 9.09. The van der Waals surface area contributed by atoms with Crippen molar-refractivity contribution in [3.8, 4) is 0 Å². The van der Waals surface area contributed by atoms with Crippen molar-refractivity contribution in [1.29, 1.82) is 0 Å². The van der Waals surface area contributed by atoms with Crippen molar-refractivity contribution < 1.29 is 4.79 Å². The minimum absolute atomic E-state index is 0.103. The summed E-state index contributed by atoms with van der Waals surface area (Å²) in [5, 5.41) is 0. The molecule has 88 valence electrons. The molecule has 0 radical (unpaired) electrons. The van der Waals surface area contributed by atoms with Gasteiger partial charge in [0.2, 0.25) is 5.91 Å². The van der Waals surface area contributed by atoms with Gasteiger partial charge in [0.05, 0.1) is 0 Å². The average molecular weight is 276 g/mol. The van der Waals surface area contributed by atoms with Crippen LogP contribution in [0.15, 0.2) is 0 Å². The number of piperidine rings is 1. The molecule has 2 unspecified atom stereocenters. The first-order valence-electron chi connectivity index (χ1n) is 5.71. The predicted molar refractivity (Wildman–Crippen MR) is 67.1 cm³/mol. The first-order chi connectivity index (χ1) is 6.79. The Morgan fingerprint density at radius 3 is 2.53 bits per heavy atom. The molecule has 0 aromatic heterocycles. The van der Waals surface area contributed by atoms with E-state index in [4.69, 9.17) is 0 Å². The van der Waals surface area contributed by atoms with Crippen LogP contribution in [-0.4, -0.2) is 28.7 Å². The molecule has 0 aromatic rings. The summed E-state index contributed by atoms with van der Waals surface area (Å²) in [5.41, 5.74) is 0.103. The van der Waals surface area contributed by atoms with Crippen molar-refractivity contribution >= 4 is 21.8 Å². The van der Waals surface area contributed by atoms with Crippen LogP contribution in [0.25, 0.3) is 0 Å². The van der Waals surface area contributed by atoms with Crippen molar-refractivity contribution in [2.75, 3.05) is 13.1 Å². The molecule has 1 aliphatic rings. The van der Waals surface area contributed by atoms with Gasteiger partial charge in [-0.3, -0.25) is 4.79 Å².